The highest BCUT2D eigenvalue weighted by Gasteiger charge is 2.20. The van der Waals surface area contributed by atoms with E-state index in [0.29, 0.717) is 11.3 Å². The first-order chi connectivity index (χ1) is 16.0. The maximum Gasteiger partial charge on any atom is 0.338 e. The molecule has 0 aliphatic rings. The van der Waals surface area contributed by atoms with Crippen molar-refractivity contribution in [1.29, 1.82) is 0 Å². The normalized spacial score (nSPS) is 11.1. The van der Waals surface area contributed by atoms with E-state index in [2.05, 4.69) is 10.0 Å². The second-order valence-electron chi connectivity index (χ2n) is 7.83. The molecule has 3 aromatic carbocycles. The summed E-state index contributed by atoms with van der Waals surface area (Å²) >= 11 is 6.22. The van der Waals surface area contributed by atoms with Gasteiger partial charge in [0.1, 0.15) is 0 Å². The number of anilines is 2. The molecule has 1 amide bonds. The fourth-order valence-electron chi connectivity index (χ4n) is 3.43. The van der Waals surface area contributed by atoms with Gasteiger partial charge < -0.3 is 10.1 Å². The molecule has 0 saturated heterocycles. The highest BCUT2D eigenvalue weighted by Crippen LogP contribution is 2.26. The number of hydrogen-bond acceptors (Lipinski definition) is 5. The van der Waals surface area contributed by atoms with E-state index in [-0.39, 0.29) is 33.3 Å². The van der Waals surface area contributed by atoms with Crippen LogP contribution in [-0.2, 0) is 14.8 Å². The third-order valence-corrected chi connectivity index (χ3v) is 6.78. The molecule has 0 aliphatic heterocycles. The second kappa shape index (κ2) is 10.3. The van der Waals surface area contributed by atoms with Crippen LogP contribution in [0.25, 0.3) is 0 Å². The minimum atomic E-state index is -3.94. The van der Waals surface area contributed by atoms with Crippen molar-refractivity contribution in [2.75, 3.05) is 16.6 Å². The number of amides is 1. The number of sulfonamides is 1. The topological polar surface area (TPSA) is 102 Å². The first kappa shape index (κ1) is 25.3. The SMILES string of the molecule is CCOC(=O)c1ccc(NC(=O)c2ccc(C)c(S(=O)(=O)Nc3cc(C)cc(C)c3)c2)c(Cl)c1. The first-order valence-electron chi connectivity index (χ1n) is 10.5. The van der Waals surface area contributed by atoms with Gasteiger partial charge in [-0.1, -0.05) is 23.7 Å². The zero-order chi connectivity index (χ0) is 25.0. The number of carbonyl (C=O) groups is 2. The van der Waals surface area contributed by atoms with Crippen LogP contribution in [0.3, 0.4) is 0 Å². The minimum Gasteiger partial charge on any atom is -0.462 e. The number of carbonyl (C=O) groups excluding carboxylic acids is 2. The Morgan fingerprint density at radius 3 is 2.18 bits per heavy atom. The van der Waals surface area contributed by atoms with E-state index in [4.69, 9.17) is 16.3 Å². The van der Waals surface area contributed by atoms with Crippen LogP contribution in [0, 0.1) is 20.8 Å². The molecule has 0 spiro atoms. The first-order valence-corrected chi connectivity index (χ1v) is 12.4. The van der Waals surface area contributed by atoms with Crippen molar-refractivity contribution in [1.82, 2.24) is 0 Å². The zero-order valence-corrected chi connectivity index (χ0v) is 20.8. The summed E-state index contributed by atoms with van der Waals surface area (Å²) in [4.78, 5) is 24.7. The lowest BCUT2D eigenvalue weighted by atomic mass is 10.1. The van der Waals surface area contributed by atoms with Gasteiger partial charge in [0.05, 0.1) is 27.8 Å². The summed E-state index contributed by atoms with van der Waals surface area (Å²) in [6, 6.07) is 14.2. The van der Waals surface area contributed by atoms with E-state index < -0.39 is 21.9 Å². The summed E-state index contributed by atoms with van der Waals surface area (Å²) in [5, 5.41) is 2.80. The molecule has 0 unspecified atom stereocenters. The molecule has 0 radical (unpaired) electrons. The number of halogens is 1. The van der Waals surface area contributed by atoms with Crippen molar-refractivity contribution >= 4 is 44.9 Å². The van der Waals surface area contributed by atoms with Crippen molar-refractivity contribution in [2.45, 2.75) is 32.6 Å². The van der Waals surface area contributed by atoms with Crippen molar-refractivity contribution in [3.05, 3.63) is 87.4 Å². The Morgan fingerprint density at radius 1 is 0.912 bits per heavy atom. The van der Waals surface area contributed by atoms with Gasteiger partial charge in [0.25, 0.3) is 15.9 Å². The average molecular weight is 501 g/mol. The Labute approximate surface area is 204 Å². The molecule has 9 heteroatoms. The largest absolute Gasteiger partial charge is 0.462 e. The molecule has 3 aromatic rings. The average Bonchev–Trinajstić information content (AvgIpc) is 2.74. The lowest BCUT2D eigenvalue weighted by Crippen LogP contribution is -2.17. The summed E-state index contributed by atoms with van der Waals surface area (Å²) < 4.78 is 33.7. The van der Waals surface area contributed by atoms with Gasteiger partial charge >= 0.3 is 5.97 Å². The van der Waals surface area contributed by atoms with Gasteiger partial charge in [-0.25, -0.2) is 13.2 Å². The quantitative estimate of drug-likeness (QED) is 0.417. The van der Waals surface area contributed by atoms with E-state index >= 15 is 0 Å². The molecule has 0 aliphatic carbocycles. The number of hydrogen-bond donors (Lipinski definition) is 2. The van der Waals surface area contributed by atoms with Crippen molar-refractivity contribution < 1.29 is 22.7 Å². The molecule has 178 valence electrons. The minimum absolute atomic E-state index is 0.0111. The van der Waals surface area contributed by atoms with Crippen LogP contribution in [-0.4, -0.2) is 26.9 Å². The molecule has 0 atom stereocenters. The smallest absolute Gasteiger partial charge is 0.338 e. The third-order valence-electron chi connectivity index (χ3n) is 4.94. The van der Waals surface area contributed by atoms with Crippen LogP contribution in [0.2, 0.25) is 5.02 Å². The van der Waals surface area contributed by atoms with E-state index in [1.807, 2.05) is 19.9 Å². The Kier molecular flexibility index (Phi) is 7.64. The van der Waals surface area contributed by atoms with Gasteiger partial charge in [0.15, 0.2) is 0 Å². The summed E-state index contributed by atoms with van der Waals surface area (Å²) in [5.74, 6) is -1.07. The summed E-state index contributed by atoms with van der Waals surface area (Å²) in [5.41, 5.74) is 3.45. The Balaban J connectivity index is 1.85. The molecule has 3 rings (SSSR count). The molecular weight excluding hydrogens is 476 g/mol. The molecule has 2 N–H and O–H groups in total. The van der Waals surface area contributed by atoms with Gasteiger partial charge in [-0.3, -0.25) is 9.52 Å². The maximum atomic E-state index is 13.1. The van der Waals surface area contributed by atoms with Crippen LogP contribution in [0.5, 0.6) is 0 Å². The Bertz CT molecular complexity index is 1350. The van der Waals surface area contributed by atoms with Gasteiger partial charge in [-0.05, 0) is 86.8 Å². The molecule has 7 nitrogen and oxygen atoms in total. The van der Waals surface area contributed by atoms with E-state index in [1.54, 1.807) is 32.0 Å². The van der Waals surface area contributed by atoms with Crippen LogP contribution in [0.15, 0.2) is 59.5 Å². The third kappa shape index (κ3) is 5.95. The number of nitrogens with one attached hydrogen (secondary N) is 2. The van der Waals surface area contributed by atoms with E-state index in [1.165, 1.54) is 30.3 Å². The molecule has 0 saturated carbocycles. The predicted molar refractivity (Wildman–Crippen MR) is 133 cm³/mol. The molecule has 34 heavy (non-hydrogen) atoms. The number of rotatable bonds is 7. The molecular formula is C25H25ClN2O5S. The number of esters is 1. The van der Waals surface area contributed by atoms with Gasteiger partial charge in [-0.2, -0.15) is 0 Å². The van der Waals surface area contributed by atoms with Crippen molar-refractivity contribution in [3.63, 3.8) is 0 Å². The van der Waals surface area contributed by atoms with Gasteiger partial charge in [0.2, 0.25) is 0 Å². The lowest BCUT2D eigenvalue weighted by molar-refractivity contribution is 0.0526. The Morgan fingerprint density at radius 2 is 1.56 bits per heavy atom. The number of aryl methyl sites for hydroxylation is 3. The predicted octanol–water partition coefficient (Wildman–Crippen LogP) is 5.50. The van der Waals surface area contributed by atoms with Crippen molar-refractivity contribution in [3.8, 4) is 0 Å². The zero-order valence-electron chi connectivity index (χ0n) is 19.2. The van der Waals surface area contributed by atoms with Crippen LogP contribution in [0.4, 0.5) is 11.4 Å². The summed E-state index contributed by atoms with van der Waals surface area (Å²) in [6.45, 7) is 7.34. The van der Waals surface area contributed by atoms with Crippen LogP contribution in [0.1, 0.15) is 44.3 Å². The highest BCUT2D eigenvalue weighted by atomic mass is 35.5. The van der Waals surface area contributed by atoms with Crippen molar-refractivity contribution in [2.24, 2.45) is 0 Å². The van der Waals surface area contributed by atoms with Crippen LogP contribution < -0.4 is 10.0 Å². The van der Waals surface area contributed by atoms with E-state index in [9.17, 15) is 18.0 Å². The standard InChI is InChI=1S/C25H25ClN2O5S/c1-5-33-25(30)19-8-9-22(21(26)13-19)27-24(29)18-7-6-17(4)23(14-18)34(31,32)28-20-11-15(2)10-16(3)12-20/h6-14,28H,5H2,1-4H3,(H,27,29). The van der Waals surface area contributed by atoms with Crippen LogP contribution >= 0.6 is 11.6 Å². The molecule has 0 heterocycles. The highest BCUT2D eigenvalue weighted by molar-refractivity contribution is 7.92. The summed E-state index contributed by atoms with van der Waals surface area (Å²) in [7, 11) is -3.94. The lowest BCUT2D eigenvalue weighted by Gasteiger charge is -2.14. The second-order valence-corrected chi connectivity index (χ2v) is 9.89. The molecule has 0 bridgehead atoms. The van der Waals surface area contributed by atoms with Gasteiger partial charge in [-0.15, -0.1) is 0 Å². The molecule has 0 fully saturated rings. The Hall–Kier alpha value is -3.36. The van der Waals surface area contributed by atoms with E-state index in [0.717, 1.165) is 11.1 Å². The molecule has 0 aromatic heterocycles. The summed E-state index contributed by atoms with van der Waals surface area (Å²) in [6.07, 6.45) is 0. The number of ether oxygens (including phenoxy) is 1. The monoisotopic (exact) mass is 500 g/mol. The number of benzene rings is 3. The maximum absolute atomic E-state index is 13.1. The fourth-order valence-corrected chi connectivity index (χ4v) is 4.97. The van der Waals surface area contributed by atoms with Gasteiger partial charge in [0, 0.05) is 11.3 Å². The fraction of sp³-hybridized carbons (Fsp3) is 0.200.